The van der Waals surface area contributed by atoms with E-state index in [9.17, 15) is 0 Å². The van der Waals surface area contributed by atoms with Gasteiger partial charge in [-0.3, -0.25) is 4.90 Å². The van der Waals surface area contributed by atoms with Gasteiger partial charge in [-0.2, -0.15) is 0 Å². The topological polar surface area (TPSA) is 21.7 Å². The zero-order chi connectivity index (χ0) is 12.1. The molecule has 3 nitrogen and oxygen atoms in total. The lowest BCUT2D eigenvalue weighted by molar-refractivity contribution is 0.218. The molecule has 17 heavy (non-hydrogen) atoms. The number of hydrogen-bond acceptors (Lipinski definition) is 3. The highest BCUT2D eigenvalue weighted by molar-refractivity contribution is 5.40. The fourth-order valence-electron chi connectivity index (χ4n) is 2.34. The second-order valence-corrected chi connectivity index (χ2v) is 4.51. The molecule has 0 aromatic heterocycles. The zero-order valence-corrected chi connectivity index (χ0v) is 10.7. The van der Waals surface area contributed by atoms with Crippen LogP contribution in [0.3, 0.4) is 0 Å². The predicted octanol–water partition coefficient (Wildman–Crippen LogP) is 2.69. The van der Waals surface area contributed by atoms with Crippen LogP contribution in [0, 0.1) is 0 Å². The van der Waals surface area contributed by atoms with E-state index in [1.807, 2.05) is 12.1 Å². The Bertz CT molecular complexity index is 359. The van der Waals surface area contributed by atoms with Crippen molar-refractivity contribution in [3.8, 4) is 11.5 Å². The molecule has 1 heterocycles. The summed E-state index contributed by atoms with van der Waals surface area (Å²) in [7, 11) is 3.40. The molecule has 0 radical (unpaired) electrons. The Morgan fingerprint density at radius 3 is 2.47 bits per heavy atom. The van der Waals surface area contributed by atoms with E-state index in [-0.39, 0.29) is 0 Å². The molecule has 0 saturated carbocycles. The van der Waals surface area contributed by atoms with Crippen LogP contribution in [0.4, 0.5) is 0 Å². The Kier molecular flexibility index (Phi) is 4.26. The van der Waals surface area contributed by atoms with Gasteiger partial charge in [-0.05, 0) is 32.0 Å². The molecule has 94 valence electrons. The van der Waals surface area contributed by atoms with Crippen molar-refractivity contribution in [3.63, 3.8) is 0 Å². The van der Waals surface area contributed by atoms with Gasteiger partial charge in [0, 0.05) is 18.2 Å². The lowest BCUT2D eigenvalue weighted by Gasteiger charge is -2.27. The van der Waals surface area contributed by atoms with Gasteiger partial charge in [0.05, 0.1) is 14.2 Å². The number of ether oxygens (including phenoxy) is 2. The molecule has 0 N–H and O–H groups in total. The Morgan fingerprint density at radius 2 is 1.82 bits per heavy atom. The number of rotatable bonds is 4. The van der Waals surface area contributed by atoms with Crippen LogP contribution in [0.15, 0.2) is 18.2 Å². The van der Waals surface area contributed by atoms with Crippen LogP contribution in [0.1, 0.15) is 24.8 Å². The van der Waals surface area contributed by atoms with Crippen LogP contribution in [-0.4, -0.2) is 32.2 Å². The first-order valence-electron chi connectivity index (χ1n) is 6.27. The summed E-state index contributed by atoms with van der Waals surface area (Å²) in [5.41, 5.74) is 1.25. The molecule has 0 unspecified atom stereocenters. The maximum atomic E-state index is 5.42. The first kappa shape index (κ1) is 12.2. The zero-order valence-electron chi connectivity index (χ0n) is 10.7. The largest absolute Gasteiger partial charge is 0.497 e. The Morgan fingerprint density at radius 1 is 1.06 bits per heavy atom. The summed E-state index contributed by atoms with van der Waals surface area (Å²) >= 11 is 0. The van der Waals surface area contributed by atoms with Crippen molar-refractivity contribution in [1.82, 2.24) is 4.90 Å². The normalized spacial score (nSPS) is 16.8. The van der Waals surface area contributed by atoms with E-state index in [4.69, 9.17) is 9.47 Å². The molecule has 1 saturated heterocycles. The first-order valence-corrected chi connectivity index (χ1v) is 6.27. The average molecular weight is 235 g/mol. The Labute approximate surface area is 103 Å². The summed E-state index contributed by atoms with van der Waals surface area (Å²) in [6.45, 7) is 3.39. The third kappa shape index (κ3) is 3.13. The minimum Gasteiger partial charge on any atom is -0.497 e. The monoisotopic (exact) mass is 235 g/mol. The van der Waals surface area contributed by atoms with Gasteiger partial charge in [0.2, 0.25) is 0 Å². The number of hydrogen-bond donors (Lipinski definition) is 0. The van der Waals surface area contributed by atoms with Crippen molar-refractivity contribution >= 4 is 0 Å². The van der Waals surface area contributed by atoms with Crippen LogP contribution < -0.4 is 9.47 Å². The Hall–Kier alpha value is -1.22. The highest BCUT2D eigenvalue weighted by atomic mass is 16.5. The molecule has 3 heteroatoms. The molecule has 1 fully saturated rings. The molecule has 0 atom stereocenters. The van der Waals surface area contributed by atoms with Crippen LogP contribution in [0.25, 0.3) is 0 Å². The van der Waals surface area contributed by atoms with E-state index < -0.39 is 0 Å². The third-order valence-electron chi connectivity index (χ3n) is 3.34. The molecule has 0 bridgehead atoms. The number of likely N-dealkylation sites (tertiary alicyclic amines) is 1. The van der Waals surface area contributed by atoms with Crippen molar-refractivity contribution in [3.05, 3.63) is 23.8 Å². The van der Waals surface area contributed by atoms with Crippen LogP contribution in [0.5, 0.6) is 11.5 Å². The summed E-state index contributed by atoms with van der Waals surface area (Å²) < 4.78 is 10.6. The van der Waals surface area contributed by atoms with Gasteiger partial charge in [0.25, 0.3) is 0 Å². The lowest BCUT2D eigenvalue weighted by atomic mass is 10.1. The van der Waals surface area contributed by atoms with Crippen LogP contribution in [-0.2, 0) is 6.54 Å². The Balaban J connectivity index is 2.08. The predicted molar refractivity (Wildman–Crippen MR) is 68.7 cm³/mol. The van der Waals surface area contributed by atoms with Gasteiger partial charge in [0.1, 0.15) is 11.5 Å². The van der Waals surface area contributed by atoms with Crippen LogP contribution >= 0.6 is 0 Å². The summed E-state index contributed by atoms with van der Waals surface area (Å²) in [6, 6.07) is 6.06. The van der Waals surface area contributed by atoms with Crippen LogP contribution in [0.2, 0.25) is 0 Å². The summed E-state index contributed by atoms with van der Waals surface area (Å²) in [4.78, 5) is 2.49. The van der Waals surface area contributed by atoms with Crippen molar-refractivity contribution in [2.75, 3.05) is 27.3 Å². The van der Waals surface area contributed by atoms with E-state index in [1.165, 1.54) is 37.9 Å². The SMILES string of the molecule is COc1ccc(CN2CCCCC2)c(OC)c1. The molecule has 1 aliphatic rings. The maximum Gasteiger partial charge on any atom is 0.127 e. The average Bonchev–Trinajstić information content (AvgIpc) is 2.40. The minimum atomic E-state index is 0.851. The molecule has 1 aliphatic heterocycles. The summed E-state index contributed by atoms with van der Waals surface area (Å²) in [6.07, 6.45) is 4.01. The number of benzene rings is 1. The lowest BCUT2D eigenvalue weighted by Crippen LogP contribution is -2.29. The highest BCUT2D eigenvalue weighted by Gasteiger charge is 2.13. The van der Waals surface area contributed by atoms with Gasteiger partial charge in [-0.15, -0.1) is 0 Å². The minimum absolute atomic E-state index is 0.851. The number of nitrogens with zero attached hydrogens (tertiary/aromatic N) is 1. The van der Waals surface area contributed by atoms with E-state index >= 15 is 0 Å². The molecule has 1 aromatic carbocycles. The van der Waals surface area contributed by atoms with E-state index in [0.717, 1.165) is 18.0 Å². The molecular formula is C14H21NO2. The summed E-state index contributed by atoms with van der Waals surface area (Å²) in [5, 5.41) is 0. The smallest absolute Gasteiger partial charge is 0.127 e. The van der Waals surface area contributed by atoms with Crippen molar-refractivity contribution in [1.29, 1.82) is 0 Å². The second-order valence-electron chi connectivity index (χ2n) is 4.51. The molecule has 0 spiro atoms. The highest BCUT2D eigenvalue weighted by Crippen LogP contribution is 2.26. The number of piperidine rings is 1. The molecule has 2 rings (SSSR count). The molecule has 0 amide bonds. The maximum absolute atomic E-state index is 5.42. The second kappa shape index (κ2) is 5.92. The van der Waals surface area contributed by atoms with Gasteiger partial charge in [-0.25, -0.2) is 0 Å². The molecular weight excluding hydrogens is 214 g/mol. The van der Waals surface area contributed by atoms with E-state index in [2.05, 4.69) is 11.0 Å². The third-order valence-corrected chi connectivity index (χ3v) is 3.34. The van der Waals surface area contributed by atoms with Gasteiger partial charge >= 0.3 is 0 Å². The van der Waals surface area contributed by atoms with Crippen molar-refractivity contribution in [2.45, 2.75) is 25.8 Å². The van der Waals surface area contributed by atoms with E-state index in [0.29, 0.717) is 0 Å². The van der Waals surface area contributed by atoms with Crippen molar-refractivity contribution < 1.29 is 9.47 Å². The number of methoxy groups -OCH3 is 2. The summed E-state index contributed by atoms with van der Waals surface area (Å²) in [5.74, 6) is 1.78. The van der Waals surface area contributed by atoms with E-state index in [1.54, 1.807) is 14.2 Å². The van der Waals surface area contributed by atoms with Gasteiger partial charge < -0.3 is 9.47 Å². The fraction of sp³-hybridized carbons (Fsp3) is 0.571. The first-order chi connectivity index (χ1) is 8.33. The van der Waals surface area contributed by atoms with Gasteiger partial charge in [0.15, 0.2) is 0 Å². The molecule has 1 aromatic rings. The molecule has 0 aliphatic carbocycles. The quantitative estimate of drug-likeness (QED) is 0.801. The fourth-order valence-corrected chi connectivity index (χ4v) is 2.34. The van der Waals surface area contributed by atoms with Crippen molar-refractivity contribution in [2.24, 2.45) is 0 Å². The van der Waals surface area contributed by atoms with Gasteiger partial charge in [-0.1, -0.05) is 12.5 Å². The standard InChI is InChI=1S/C14H21NO2/c1-16-13-7-6-12(14(10-13)17-2)11-15-8-4-3-5-9-15/h6-7,10H,3-5,8-9,11H2,1-2H3.